The predicted octanol–water partition coefficient (Wildman–Crippen LogP) is 2.78. The van der Waals surface area contributed by atoms with Crippen LogP contribution in [-0.4, -0.2) is 5.97 Å². The Labute approximate surface area is 82.7 Å². The Hall–Kier alpha value is -1.38. The molecule has 0 radical (unpaired) electrons. The van der Waals surface area contributed by atoms with E-state index in [2.05, 4.69) is 0 Å². The first-order valence-corrected chi connectivity index (χ1v) is 4.37. The number of esters is 1. The molecular weight excluding hydrogens is 183 g/mol. The van der Waals surface area contributed by atoms with E-state index in [4.69, 9.17) is 4.74 Å². The molecule has 0 aliphatic heterocycles. The highest BCUT2D eigenvalue weighted by Gasteiger charge is 2.23. The van der Waals surface area contributed by atoms with Gasteiger partial charge in [-0.15, -0.1) is 0 Å². The lowest BCUT2D eigenvalue weighted by molar-refractivity contribution is -0.143. The van der Waals surface area contributed by atoms with Crippen LogP contribution < -0.4 is 4.74 Å². The second-order valence-electron chi connectivity index (χ2n) is 4.09. The van der Waals surface area contributed by atoms with Crippen molar-refractivity contribution in [2.75, 3.05) is 0 Å². The van der Waals surface area contributed by atoms with E-state index in [0.717, 1.165) is 0 Å². The second kappa shape index (κ2) is 3.78. The van der Waals surface area contributed by atoms with E-state index in [-0.39, 0.29) is 11.8 Å². The lowest BCUT2D eigenvalue weighted by Crippen LogP contribution is -2.25. The van der Waals surface area contributed by atoms with E-state index < -0.39 is 5.41 Å². The molecule has 0 aliphatic rings. The molecule has 1 aromatic carbocycles. The molecule has 0 saturated heterocycles. The van der Waals surface area contributed by atoms with Gasteiger partial charge in [0.05, 0.1) is 5.41 Å². The van der Waals surface area contributed by atoms with Gasteiger partial charge < -0.3 is 4.74 Å². The molecule has 0 atom stereocenters. The van der Waals surface area contributed by atoms with Crippen LogP contribution >= 0.6 is 0 Å². The zero-order valence-corrected chi connectivity index (χ0v) is 8.50. The Bertz CT molecular complexity index is 322. The summed E-state index contributed by atoms with van der Waals surface area (Å²) >= 11 is 0. The zero-order valence-electron chi connectivity index (χ0n) is 8.50. The maximum Gasteiger partial charge on any atom is 0.316 e. The van der Waals surface area contributed by atoms with Crippen LogP contribution in [0.2, 0.25) is 0 Å². The Morgan fingerprint density at radius 3 is 2.14 bits per heavy atom. The number of benzene rings is 1. The zero-order chi connectivity index (χ0) is 10.8. The van der Waals surface area contributed by atoms with Crippen molar-refractivity contribution in [2.24, 2.45) is 5.41 Å². The molecule has 3 heteroatoms. The van der Waals surface area contributed by atoms with Gasteiger partial charge in [0.2, 0.25) is 0 Å². The summed E-state index contributed by atoms with van der Waals surface area (Å²) in [6, 6.07) is 5.37. The third-order valence-corrected chi connectivity index (χ3v) is 1.64. The molecule has 1 aromatic rings. The van der Waals surface area contributed by atoms with E-state index in [0.29, 0.717) is 5.75 Å². The van der Waals surface area contributed by atoms with Crippen LogP contribution in [0.4, 0.5) is 4.39 Å². The molecule has 0 saturated carbocycles. The molecular formula is C11H13FO2. The van der Waals surface area contributed by atoms with Crippen LogP contribution in [0.25, 0.3) is 0 Å². The summed E-state index contributed by atoms with van der Waals surface area (Å²) in [6.45, 7) is 5.29. The highest BCUT2D eigenvalue weighted by atomic mass is 19.1. The van der Waals surface area contributed by atoms with Gasteiger partial charge >= 0.3 is 5.97 Å². The number of ether oxygens (including phenoxy) is 1. The third kappa shape index (κ3) is 2.83. The van der Waals surface area contributed by atoms with Gasteiger partial charge in [0.1, 0.15) is 11.6 Å². The van der Waals surface area contributed by atoms with Crippen LogP contribution in [0.3, 0.4) is 0 Å². The van der Waals surface area contributed by atoms with Crippen molar-refractivity contribution < 1.29 is 13.9 Å². The minimum absolute atomic E-state index is 0.330. The predicted molar refractivity (Wildman–Crippen MR) is 51.5 cm³/mol. The third-order valence-electron chi connectivity index (χ3n) is 1.64. The summed E-state index contributed by atoms with van der Waals surface area (Å²) in [6.07, 6.45) is 0. The fraction of sp³-hybridized carbons (Fsp3) is 0.364. The first-order valence-electron chi connectivity index (χ1n) is 4.37. The average Bonchev–Trinajstić information content (AvgIpc) is 2.07. The molecule has 0 fully saturated rings. The Morgan fingerprint density at radius 1 is 1.21 bits per heavy atom. The fourth-order valence-corrected chi connectivity index (χ4v) is 0.763. The number of hydrogen-bond acceptors (Lipinski definition) is 2. The summed E-state index contributed by atoms with van der Waals surface area (Å²) in [7, 11) is 0. The minimum atomic E-state index is -0.547. The SMILES string of the molecule is CC(C)(C)C(=O)Oc1ccc(F)cc1. The van der Waals surface area contributed by atoms with E-state index >= 15 is 0 Å². The van der Waals surface area contributed by atoms with Crippen molar-refractivity contribution in [2.45, 2.75) is 20.8 Å². The quantitative estimate of drug-likeness (QED) is 0.510. The van der Waals surface area contributed by atoms with Crippen LogP contribution in [0.15, 0.2) is 24.3 Å². The molecule has 0 N–H and O–H groups in total. The van der Waals surface area contributed by atoms with Crippen LogP contribution in [0.5, 0.6) is 5.75 Å². The fourth-order valence-electron chi connectivity index (χ4n) is 0.763. The molecule has 0 heterocycles. The van der Waals surface area contributed by atoms with Gasteiger partial charge in [0.25, 0.3) is 0 Å². The summed E-state index contributed by atoms with van der Waals surface area (Å²) in [4.78, 5) is 11.4. The lowest BCUT2D eigenvalue weighted by atomic mass is 9.97. The monoisotopic (exact) mass is 196 g/mol. The number of carbonyl (C=O) groups excluding carboxylic acids is 1. The van der Waals surface area contributed by atoms with Gasteiger partial charge in [-0.2, -0.15) is 0 Å². The summed E-state index contributed by atoms with van der Waals surface area (Å²) in [5, 5.41) is 0. The first kappa shape index (κ1) is 10.7. The van der Waals surface area contributed by atoms with Gasteiger partial charge in [-0.25, -0.2) is 4.39 Å². The molecule has 0 aliphatic carbocycles. The maximum absolute atomic E-state index is 12.5. The summed E-state index contributed by atoms with van der Waals surface area (Å²) < 4.78 is 17.5. The van der Waals surface area contributed by atoms with Crippen molar-refractivity contribution in [1.29, 1.82) is 0 Å². The Morgan fingerprint density at radius 2 is 1.71 bits per heavy atom. The summed E-state index contributed by atoms with van der Waals surface area (Å²) in [5.41, 5.74) is -0.547. The molecule has 0 unspecified atom stereocenters. The highest BCUT2D eigenvalue weighted by Crippen LogP contribution is 2.19. The van der Waals surface area contributed by atoms with Crippen LogP contribution in [0.1, 0.15) is 20.8 Å². The number of halogens is 1. The largest absolute Gasteiger partial charge is 0.426 e. The van der Waals surface area contributed by atoms with Gasteiger partial charge in [0, 0.05) is 0 Å². The lowest BCUT2D eigenvalue weighted by Gasteiger charge is -2.15. The number of hydrogen-bond donors (Lipinski definition) is 0. The van der Waals surface area contributed by atoms with Crippen molar-refractivity contribution >= 4 is 5.97 Å². The molecule has 0 amide bonds. The topological polar surface area (TPSA) is 26.3 Å². The Balaban J connectivity index is 2.71. The molecule has 1 rings (SSSR count). The maximum atomic E-state index is 12.5. The van der Waals surface area contributed by atoms with Crippen molar-refractivity contribution in [3.05, 3.63) is 30.1 Å². The summed E-state index contributed by atoms with van der Waals surface area (Å²) in [5.74, 6) is -0.309. The second-order valence-corrected chi connectivity index (χ2v) is 4.09. The average molecular weight is 196 g/mol. The van der Waals surface area contributed by atoms with Crippen molar-refractivity contribution in [3.63, 3.8) is 0 Å². The molecule has 0 spiro atoms. The minimum Gasteiger partial charge on any atom is -0.426 e. The molecule has 0 bridgehead atoms. The molecule has 2 nitrogen and oxygen atoms in total. The van der Waals surface area contributed by atoms with Gasteiger partial charge in [-0.3, -0.25) is 4.79 Å². The Kier molecular flexibility index (Phi) is 2.89. The normalized spacial score (nSPS) is 11.1. The van der Waals surface area contributed by atoms with Crippen LogP contribution in [0, 0.1) is 11.2 Å². The van der Waals surface area contributed by atoms with Gasteiger partial charge in [-0.05, 0) is 45.0 Å². The molecule has 76 valence electrons. The number of rotatable bonds is 1. The highest BCUT2D eigenvalue weighted by molar-refractivity contribution is 5.77. The molecule has 14 heavy (non-hydrogen) atoms. The van der Waals surface area contributed by atoms with E-state index in [1.165, 1.54) is 24.3 Å². The van der Waals surface area contributed by atoms with E-state index in [9.17, 15) is 9.18 Å². The van der Waals surface area contributed by atoms with Gasteiger partial charge in [-0.1, -0.05) is 0 Å². The van der Waals surface area contributed by atoms with Crippen molar-refractivity contribution in [3.8, 4) is 5.75 Å². The smallest absolute Gasteiger partial charge is 0.316 e. The van der Waals surface area contributed by atoms with Crippen LogP contribution in [-0.2, 0) is 4.79 Å². The van der Waals surface area contributed by atoms with E-state index in [1.807, 2.05) is 0 Å². The van der Waals surface area contributed by atoms with Gasteiger partial charge in [0.15, 0.2) is 0 Å². The van der Waals surface area contributed by atoms with E-state index in [1.54, 1.807) is 20.8 Å². The first-order chi connectivity index (χ1) is 6.39. The number of carbonyl (C=O) groups is 1. The molecule has 0 aromatic heterocycles. The van der Waals surface area contributed by atoms with Crippen molar-refractivity contribution in [1.82, 2.24) is 0 Å². The standard InChI is InChI=1S/C11H13FO2/c1-11(2,3)10(13)14-9-6-4-8(12)5-7-9/h4-7H,1-3H3.